The topological polar surface area (TPSA) is 66.3 Å². The quantitative estimate of drug-likeness (QED) is 0.775. The minimum Gasteiger partial charge on any atom is -0.390 e. The van der Waals surface area contributed by atoms with Crippen molar-refractivity contribution in [3.8, 4) is 0 Å². The van der Waals surface area contributed by atoms with Crippen LogP contribution in [0.4, 0.5) is 5.95 Å². The molecule has 92 valence electrons. The first-order valence-electron chi connectivity index (χ1n) is 5.85. The normalized spacial score (nSPS) is 25.4. The van der Waals surface area contributed by atoms with Gasteiger partial charge in [-0.05, 0) is 26.2 Å². The maximum atomic E-state index is 10.5. The van der Waals surface area contributed by atoms with Crippen LogP contribution in [-0.4, -0.2) is 40.1 Å². The average molecular weight is 235 g/mol. The van der Waals surface area contributed by atoms with Gasteiger partial charge in [-0.15, -0.1) is 0 Å². The fraction of sp³-hybridized carbons (Fsp3) is 0.583. The Morgan fingerprint density at radius 2 is 2.06 bits per heavy atom. The molecule has 5 nitrogen and oxygen atoms in total. The van der Waals surface area contributed by atoms with Crippen molar-refractivity contribution in [2.75, 3.05) is 18.0 Å². The van der Waals surface area contributed by atoms with Gasteiger partial charge in [0.1, 0.15) is 0 Å². The second-order valence-corrected chi connectivity index (χ2v) is 4.77. The lowest BCUT2D eigenvalue weighted by Gasteiger charge is -2.22. The Balaban J connectivity index is 2.08. The van der Waals surface area contributed by atoms with E-state index >= 15 is 0 Å². The number of aliphatic hydroxyl groups is 1. The molecule has 17 heavy (non-hydrogen) atoms. The van der Waals surface area contributed by atoms with E-state index in [4.69, 9.17) is 0 Å². The van der Waals surface area contributed by atoms with Gasteiger partial charge in [-0.3, -0.25) is 4.79 Å². The summed E-state index contributed by atoms with van der Waals surface area (Å²) in [6.45, 7) is 3.46. The number of aromatic nitrogens is 2. The van der Waals surface area contributed by atoms with E-state index in [1.54, 1.807) is 0 Å². The monoisotopic (exact) mass is 235 g/mol. The summed E-state index contributed by atoms with van der Waals surface area (Å²) in [6.07, 6.45) is 6.22. The zero-order chi connectivity index (χ0) is 12.3. The number of carbonyl (C=O) groups excluding carboxylic acids is 1. The van der Waals surface area contributed by atoms with E-state index in [9.17, 15) is 9.90 Å². The molecule has 1 aliphatic rings. The van der Waals surface area contributed by atoms with Gasteiger partial charge in [0.05, 0.1) is 11.2 Å². The van der Waals surface area contributed by atoms with E-state index in [0.29, 0.717) is 17.9 Å². The van der Waals surface area contributed by atoms with Gasteiger partial charge < -0.3 is 10.0 Å². The minimum atomic E-state index is -0.586. The summed E-state index contributed by atoms with van der Waals surface area (Å²) in [5.41, 5.74) is -0.104. The molecular formula is C12H17N3O2. The third-order valence-electron chi connectivity index (χ3n) is 3.14. The first-order chi connectivity index (χ1) is 8.11. The first kappa shape index (κ1) is 12.0. The summed E-state index contributed by atoms with van der Waals surface area (Å²) in [4.78, 5) is 20.9. The molecule has 2 heterocycles. The molecule has 1 N–H and O–H groups in total. The van der Waals surface area contributed by atoms with Crippen LogP contribution in [0.2, 0.25) is 0 Å². The highest BCUT2D eigenvalue weighted by Crippen LogP contribution is 2.23. The molecule has 0 radical (unpaired) electrons. The van der Waals surface area contributed by atoms with Crippen molar-refractivity contribution in [3.05, 3.63) is 18.0 Å². The van der Waals surface area contributed by atoms with Gasteiger partial charge in [0.2, 0.25) is 5.95 Å². The Labute approximate surface area is 100 Å². The van der Waals surface area contributed by atoms with Gasteiger partial charge in [-0.25, -0.2) is 9.97 Å². The molecular weight excluding hydrogens is 218 g/mol. The van der Waals surface area contributed by atoms with Crippen LogP contribution in [0.3, 0.4) is 0 Å². The van der Waals surface area contributed by atoms with E-state index in [-0.39, 0.29) is 0 Å². The molecule has 0 bridgehead atoms. The smallest absolute Gasteiger partial charge is 0.225 e. The van der Waals surface area contributed by atoms with Gasteiger partial charge in [0.15, 0.2) is 6.29 Å². The largest absolute Gasteiger partial charge is 0.390 e. The third-order valence-corrected chi connectivity index (χ3v) is 3.14. The molecule has 0 spiro atoms. The van der Waals surface area contributed by atoms with Gasteiger partial charge in [-0.1, -0.05) is 0 Å². The Hall–Kier alpha value is -1.49. The second-order valence-electron chi connectivity index (χ2n) is 4.77. The number of anilines is 1. The summed E-state index contributed by atoms with van der Waals surface area (Å²) in [6, 6.07) is 0. The number of aldehydes is 1. The zero-order valence-corrected chi connectivity index (χ0v) is 9.96. The maximum Gasteiger partial charge on any atom is 0.225 e. The van der Waals surface area contributed by atoms with Crippen molar-refractivity contribution in [3.63, 3.8) is 0 Å². The van der Waals surface area contributed by atoms with Crippen LogP contribution in [0.1, 0.15) is 36.5 Å². The number of rotatable bonds is 2. The highest BCUT2D eigenvalue weighted by molar-refractivity contribution is 5.73. The molecule has 1 unspecified atom stereocenters. The molecule has 1 aliphatic heterocycles. The van der Waals surface area contributed by atoms with Crippen LogP contribution < -0.4 is 4.90 Å². The molecule has 1 aromatic rings. The van der Waals surface area contributed by atoms with Crippen molar-refractivity contribution < 1.29 is 9.90 Å². The highest BCUT2D eigenvalue weighted by Gasteiger charge is 2.25. The van der Waals surface area contributed by atoms with E-state index < -0.39 is 5.60 Å². The Bertz CT molecular complexity index is 389. The predicted molar refractivity (Wildman–Crippen MR) is 64.1 cm³/mol. The van der Waals surface area contributed by atoms with Crippen molar-refractivity contribution in [2.45, 2.75) is 31.8 Å². The van der Waals surface area contributed by atoms with Crippen molar-refractivity contribution in [1.82, 2.24) is 9.97 Å². The van der Waals surface area contributed by atoms with Crippen LogP contribution >= 0.6 is 0 Å². The molecule has 2 rings (SSSR count). The average Bonchev–Trinajstić information content (AvgIpc) is 2.50. The van der Waals surface area contributed by atoms with Gasteiger partial charge in [0, 0.05) is 25.5 Å². The van der Waals surface area contributed by atoms with Gasteiger partial charge in [0.25, 0.3) is 0 Å². The molecule has 1 fully saturated rings. The fourth-order valence-corrected chi connectivity index (χ4v) is 2.02. The first-order valence-corrected chi connectivity index (χ1v) is 5.85. The fourth-order valence-electron chi connectivity index (χ4n) is 2.02. The lowest BCUT2D eigenvalue weighted by atomic mass is 9.98. The van der Waals surface area contributed by atoms with Crippen LogP contribution in [0.15, 0.2) is 12.4 Å². The van der Waals surface area contributed by atoms with Crippen molar-refractivity contribution in [2.24, 2.45) is 0 Å². The lowest BCUT2D eigenvalue weighted by molar-refractivity contribution is 0.0481. The SMILES string of the molecule is CC1(O)CCCN(c2ncc(C=O)cn2)CC1. The summed E-state index contributed by atoms with van der Waals surface area (Å²) in [5, 5.41) is 9.99. The Morgan fingerprint density at radius 1 is 1.35 bits per heavy atom. The lowest BCUT2D eigenvalue weighted by Crippen LogP contribution is -2.29. The molecule has 5 heteroatoms. The van der Waals surface area contributed by atoms with Crippen LogP contribution in [0.25, 0.3) is 0 Å². The van der Waals surface area contributed by atoms with Crippen LogP contribution in [0.5, 0.6) is 0 Å². The molecule has 1 saturated heterocycles. The van der Waals surface area contributed by atoms with Gasteiger partial charge >= 0.3 is 0 Å². The summed E-state index contributed by atoms with van der Waals surface area (Å²) < 4.78 is 0. The van der Waals surface area contributed by atoms with E-state index in [0.717, 1.165) is 32.2 Å². The van der Waals surface area contributed by atoms with E-state index in [1.807, 2.05) is 6.92 Å². The second kappa shape index (κ2) is 4.79. The number of hydrogen-bond donors (Lipinski definition) is 1. The van der Waals surface area contributed by atoms with E-state index in [1.165, 1.54) is 12.4 Å². The molecule has 0 saturated carbocycles. The predicted octanol–water partition coefficient (Wildman–Crippen LogP) is 1.03. The Morgan fingerprint density at radius 3 is 2.71 bits per heavy atom. The molecule has 0 aromatic carbocycles. The standard InChI is InChI=1S/C12H17N3O2/c1-12(17)3-2-5-15(6-4-12)11-13-7-10(9-16)8-14-11/h7-9,17H,2-6H2,1H3. The summed E-state index contributed by atoms with van der Waals surface area (Å²) >= 11 is 0. The number of carbonyl (C=O) groups is 1. The summed E-state index contributed by atoms with van der Waals surface area (Å²) in [5.74, 6) is 0.633. The summed E-state index contributed by atoms with van der Waals surface area (Å²) in [7, 11) is 0. The molecule has 1 aromatic heterocycles. The van der Waals surface area contributed by atoms with Gasteiger partial charge in [-0.2, -0.15) is 0 Å². The van der Waals surface area contributed by atoms with Crippen LogP contribution in [0, 0.1) is 0 Å². The maximum absolute atomic E-state index is 10.5. The van der Waals surface area contributed by atoms with Crippen molar-refractivity contribution in [1.29, 1.82) is 0 Å². The molecule has 1 atom stereocenters. The van der Waals surface area contributed by atoms with E-state index in [2.05, 4.69) is 14.9 Å². The molecule has 0 aliphatic carbocycles. The van der Waals surface area contributed by atoms with Crippen molar-refractivity contribution >= 4 is 12.2 Å². The minimum absolute atomic E-state index is 0.482. The Kier molecular flexibility index (Phi) is 3.38. The highest BCUT2D eigenvalue weighted by atomic mass is 16.3. The third kappa shape index (κ3) is 3.00. The number of nitrogens with zero attached hydrogens (tertiary/aromatic N) is 3. The number of hydrogen-bond acceptors (Lipinski definition) is 5. The van der Waals surface area contributed by atoms with Crippen LogP contribution in [-0.2, 0) is 0 Å². The zero-order valence-electron chi connectivity index (χ0n) is 9.96. The molecule has 0 amide bonds.